The molecule has 0 aliphatic heterocycles. The number of methoxy groups -OCH3 is 1. The summed E-state index contributed by atoms with van der Waals surface area (Å²) in [5.41, 5.74) is 0.376. The molecule has 0 unspecified atom stereocenters. The molecule has 1 heterocycles. The van der Waals surface area contributed by atoms with E-state index in [1.165, 1.54) is 31.5 Å². The molecule has 4 rings (SSSR count). The summed E-state index contributed by atoms with van der Waals surface area (Å²) >= 11 is 6.00. The minimum Gasteiger partial charge on any atom is -0.495 e. The normalized spacial score (nSPS) is 12.9. The number of hydrogen-bond donors (Lipinski definition) is 2. The number of aromatic nitrogens is 1. The molecule has 1 aliphatic carbocycles. The zero-order valence-corrected chi connectivity index (χ0v) is 16.9. The van der Waals surface area contributed by atoms with Crippen LogP contribution in [0.1, 0.15) is 18.4 Å². The van der Waals surface area contributed by atoms with Gasteiger partial charge in [0.15, 0.2) is 17.4 Å². The largest absolute Gasteiger partial charge is 0.495 e. The van der Waals surface area contributed by atoms with Crippen molar-refractivity contribution in [1.29, 1.82) is 5.26 Å². The van der Waals surface area contributed by atoms with E-state index in [2.05, 4.69) is 15.6 Å². The van der Waals surface area contributed by atoms with Crippen molar-refractivity contribution < 1.29 is 23.0 Å². The van der Waals surface area contributed by atoms with Gasteiger partial charge in [0.05, 0.1) is 23.9 Å². The molecule has 10 heteroatoms. The van der Waals surface area contributed by atoms with Crippen molar-refractivity contribution in [2.75, 3.05) is 12.4 Å². The fourth-order valence-corrected chi connectivity index (χ4v) is 3.13. The number of amides is 2. The molecule has 2 amide bonds. The molecular formula is C21H15ClF2N4O3. The summed E-state index contributed by atoms with van der Waals surface area (Å²) in [6.45, 7) is 0. The third kappa shape index (κ3) is 4.15. The molecule has 0 spiro atoms. The lowest BCUT2D eigenvalue weighted by Crippen LogP contribution is -2.30. The Morgan fingerprint density at radius 3 is 2.74 bits per heavy atom. The highest BCUT2D eigenvalue weighted by Crippen LogP contribution is 2.39. The number of anilines is 1. The first kappa shape index (κ1) is 20.6. The van der Waals surface area contributed by atoms with Crippen LogP contribution in [0.3, 0.4) is 0 Å². The molecule has 7 nitrogen and oxygen atoms in total. The van der Waals surface area contributed by atoms with Gasteiger partial charge in [-0.05, 0) is 25.0 Å². The third-order valence-electron chi connectivity index (χ3n) is 4.63. The van der Waals surface area contributed by atoms with Crippen LogP contribution in [0.4, 0.5) is 19.3 Å². The standard InChI is InChI=1S/C21H15ClF2N4O3/c1-30-17-8-14-12(6-10(17)9-25)16(4-5-26-14)31-20-13(23)7-15(18(22)19(20)24)28-21(29)27-11-2-3-11/h4-8,11H,2-3H2,1H3,(H2,27,28,29). The van der Waals surface area contributed by atoms with Gasteiger partial charge in [-0.1, -0.05) is 11.6 Å². The van der Waals surface area contributed by atoms with E-state index in [0.29, 0.717) is 16.7 Å². The third-order valence-corrected chi connectivity index (χ3v) is 5.00. The zero-order chi connectivity index (χ0) is 22.1. The minimum absolute atomic E-state index is 0.0604. The molecule has 0 atom stereocenters. The van der Waals surface area contributed by atoms with Crippen LogP contribution in [-0.2, 0) is 0 Å². The molecule has 2 N–H and O–H groups in total. The van der Waals surface area contributed by atoms with Gasteiger partial charge >= 0.3 is 6.03 Å². The molecule has 0 radical (unpaired) electrons. The lowest BCUT2D eigenvalue weighted by molar-refractivity contribution is 0.251. The highest BCUT2D eigenvalue weighted by Gasteiger charge is 2.25. The Morgan fingerprint density at radius 2 is 2.06 bits per heavy atom. The first-order chi connectivity index (χ1) is 14.9. The number of carbonyl (C=O) groups is 1. The Hall–Kier alpha value is -3.64. The van der Waals surface area contributed by atoms with Gasteiger partial charge in [-0.15, -0.1) is 0 Å². The van der Waals surface area contributed by atoms with Gasteiger partial charge in [-0.25, -0.2) is 13.6 Å². The fourth-order valence-electron chi connectivity index (χ4n) is 2.94. The number of nitriles is 1. The van der Waals surface area contributed by atoms with Gasteiger partial charge in [0.1, 0.15) is 22.6 Å². The van der Waals surface area contributed by atoms with E-state index in [9.17, 15) is 18.8 Å². The molecule has 1 aromatic heterocycles. The number of benzene rings is 2. The van der Waals surface area contributed by atoms with Gasteiger partial charge in [0.25, 0.3) is 0 Å². The minimum atomic E-state index is -1.18. The monoisotopic (exact) mass is 444 g/mol. The van der Waals surface area contributed by atoms with Gasteiger partial charge in [-0.2, -0.15) is 5.26 Å². The van der Waals surface area contributed by atoms with Crippen LogP contribution in [0.25, 0.3) is 10.9 Å². The van der Waals surface area contributed by atoms with Crippen LogP contribution in [0.2, 0.25) is 5.02 Å². The van der Waals surface area contributed by atoms with Crippen molar-refractivity contribution in [1.82, 2.24) is 10.3 Å². The van der Waals surface area contributed by atoms with E-state index in [1.807, 2.05) is 6.07 Å². The van der Waals surface area contributed by atoms with Crippen molar-refractivity contribution in [2.45, 2.75) is 18.9 Å². The second-order valence-electron chi connectivity index (χ2n) is 6.83. The van der Waals surface area contributed by atoms with Crippen LogP contribution >= 0.6 is 11.6 Å². The summed E-state index contributed by atoms with van der Waals surface area (Å²) in [5.74, 6) is -2.63. The van der Waals surface area contributed by atoms with E-state index >= 15 is 0 Å². The molecule has 1 saturated carbocycles. The van der Waals surface area contributed by atoms with E-state index in [4.69, 9.17) is 21.1 Å². The number of fused-ring (bicyclic) bond motifs is 1. The van der Waals surface area contributed by atoms with Gasteiger partial charge in [0, 0.05) is 29.8 Å². The van der Waals surface area contributed by atoms with Crippen molar-refractivity contribution >= 4 is 34.2 Å². The van der Waals surface area contributed by atoms with Crippen molar-refractivity contribution in [3.8, 4) is 23.3 Å². The van der Waals surface area contributed by atoms with Crippen LogP contribution in [0, 0.1) is 23.0 Å². The number of rotatable bonds is 5. The molecule has 1 fully saturated rings. The second kappa shape index (κ2) is 8.24. The Bertz CT molecular complexity index is 1240. The van der Waals surface area contributed by atoms with Gasteiger partial charge in [-0.3, -0.25) is 4.98 Å². The predicted octanol–water partition coefficient (Wildman–Crippen LogP) is 5.12. The quantitative estimate of drug-likeness (QED) is 0.532. The van der Waals surface area contributed by atoms with Crippen LogP contribution in [0.5, 0.6) is 17.2 Å². The molecule has 3 aromatic rings. The zero-order valence-electron chi connectivity index (χ0n) is 16.1. The smallest absolute Gasteiger partial charge is 0.319 e. The number of pyridine rings is 1. The highest BCUT2D eigenvalue weighted by atomic mass is 35.5. The number of ether oxygens (including phenoxy) is 2. The van der Waals surface area contributed by atoms with Crippen LogP contribution in [-0.4, -0.2) is 24.2 Å². The number of halogens is 3. The average Bonchev–Trinajstić information content (AvgIpc) is 3.57. The topological polar surface area (TPSA) is 96.3 Å². The molecule has 2 aromatic carbocycles. The summed E-state index contributed by atoms with van der Waals surface area (Å²) in [7, 11) is 1.41. The summed E-state index contributed by atoms with van der Waals surface area (Å²) in [5, 5.41) is 14.1. The van der Waals surface area contributed by atoms with E-state index in [-0.39, 0.29) is 23.0 Å². The Kier molecular flexibility index (Phi) is 5.48. The molecule has 0 saturated heterocycles. The number of carbonyl (C=O) groups excluding carboxylic acids is 1. The van der Waals surface area contributed by atoms with E-state index < -0.39 is 28.4 Å². The molecule has 0 bridgehead atoms. The van der Waals surface area contributed by atoms with E-state index in [0.717, 1.165) is 18.9 Å². The lowest BCUT2D eigenvalue weighted by atomic mass is 10.1. The fraction of sp³-hybridized carbons (Fsp3) is 0.190. The number of urea groups is 1. The molecule has 1 aliphatic rings. The summed E-state index contributed by atoms with van der Waals surface area (Å²) in [6, 6.07) is 6.69. The molecular weight excluding hydrogens is 430 g/mol. The van der Waals surface area contributed by atoms with Crippen molar-refractivity contribution in [3.63, 3.8) is 0 Å². The predicted molar refractivity (Wildman–Crippen MR) is 110 cm³/mol. The van der Waals surface area contributed by atoms with Crippen LogP contribution in [0.15, 0.2) is 30.5 Å². The van der Waals surface area contributed by atoms with Crippen molar-refractivity contribution in [3.05, 3.63) is 52.7 Å². The number of nitrogens with one attached hydrogen (secondary N) is 2. The SMILES string of the molecule is COc1cc2nccc(Oc3c(F)cc(NC(=O)NC4CC4)c(Cl)c3F)c2cc1C#N. The number of hydrogen-bond acceptors (Lipinski definition) is 5. The van der Waals surface area contributed by atoms with Crippen molar-refractivity contribution in [2.24, 2.45) is 0 Å². The Morgan fingerprint density at radius 1 is 1.29 bits per heavy atom. The first-order valence-corrected chi connectivity index (χ1v) is 9.58. The maximum Gasteiger partial charge on any atom is 0.319 e. The van der Waals surface area contributed by atoms with Gasteiger partial charge in [0.2, 0.25) is 0 Å². The summed E-state index contributed by atoms with van der Waals surface area (Å²) in [6.07, 6.45) is 3.10. The Labute approximate surface area is 180 Å². The van der Waals surface area contributed by atoms with Crippen LogP contribution < -0.4 is 20.1 Å². The maximum absolute atomic E-state index is 14.8. The Balaban J connectivity index is 1.69. The van der Waals surface area contributed by atoms with E-state index in [1.54, 1.807) is 0 Å². The maximum atomic E-state index is 14.8. The number of nitrogens with zero attached hydrogens (tertiary/aromatic N) is 2. The molecule has 158 valence electrons. The molecule has 31 heavy (non-hydrogen) atoms. The highest BCUT2D eigenvalue weighted by molar-refractivity contribution is 6.34. The second-order valence-corrected chi connectivity index (χ2v) is 7.21. The summed E-state index contributed by atoms with van der Waals surface area (Å²) < 4.78 is 40.2. The first-order valence-electron chi connectivity index (χ1n) is 9.21. The lowest BCUT2D eigenvalue weighted by Gasteiger charge is -2.14. The average molecular weight is 445 g/mol. The van der Waals surface area contributed by atoms with Gasteiger partial charge < -0.3 is 20.1 Å². The summed E-state index contributed by atoms with van der Waals surface area (Å²) in [4.78, 5) is 16.0.